The molecule has 0 aliphatic carbocycles. The normalized spacial score (nSPS) is 20.6. The largest absolute Gasteiger partial charge is 0.486 e. The number of carbonyl (C=O) groups is 2. The van der Waals surface area contributed by atoms with Crippen molar-refractivity contribution in [1.82, 2.24) is 14.7 Å². The molecule has 2 aromatic rings. The zero-order valence-corrected chi connectivity index (χ0v) is 20.4. The molecule has 0 spiro atoms. The van der Waals surface area contributed by atoms with E-state index in [4.69, 9.17) is 9.47 Å². The lowest BCUT2D eigenvalue weighted by Gasteiger charge is -2.35. The average molecular weight is 479 g/mol. The Morgan fingerprint density at radius 2 is 1.66 bits per heavy atom. The van der Waals surface area contributed by atoms with Crippen molar-refractivity contribution >= 4 is 17.5 Å². The Balaban J connectivity index is 1.10. The Morgan fingerprint density at radius 1 is 0.914 bits per heavy atom. The minimum Gasteiger partial charge on any atom is -0.486 e. The lowest BCUT2D eigenvalue weighted by molar-refractivity contribution is -0.134. The van der Waals surface area contributed by atoms with Gasteiger partial charge in [0.15, 0.2) is 11.5 Å². The molecule has 186 valence electrons. The molecule has 1 atom stereocenters. The van der Waals surface area contributed by atoms with E-state index in [1.165, 1.54) is 5.56 Å². The maximum Gasteiger partial charge on any atom is 0.238 e. The Kier molecular flexibility index (Phi) is 7.20. The lowest BCUT2D eigenvalue weighted by Crippen LogP contribution is -2.52. The van der Waals surface area contributed by atoms with Gasteiger partial charge in [-0.05, 0) is 56.1 Å². The number of nitrogens with one attached hydrogen (secondary N) is 1. The zero-order valence-electron chi connectivity index (χ0n) is 20.4. The molecular formula is C27H34N4O4. The number of nitrogens with zero attached hydrogens (tertiary/aromatic N) is 3. The highest BCUT2D eigenvalue weighted by atomic mass is 16.6. The summed E-state index contributed by atoms with van der Waals surface area (Å²) in [7, 11) is 0. The molecule has 5 rings (SSSR count). The summed E-state index contributed by atoms with van der Waals surface area (Å²) in [5, 5.41) is 2.95. The first-order valence-corrected chi connectivity index (χ1v) is 12.6. The standard InChI is InChI=1S/C27H34N4O4/c1-20-4-7-22(8-5-20)28-26(32)18-29-11-13-30(14-12-29)27(33)19-31-10-2-3-23(31)21-6-9-24-25(17-21)35-16-15-34-24/h4-9,17,23H,2-3,10-16,18-19H2,1H3,(H,28,32). The monoisotopic (exact) mass is 478 g/mol. The van der Waals surface area contributed by atoms with Gasteiger partial charge in [-0.25, -0.2) is 0 Å². The molecule has 3 aliphatic rings. The summed E-state index contributed by atoms with van der Waals surface area (Å²) in [6.45, 7) is 7.58. The summed E-state index contributed by atoms with van der Waals surface area (Å²) in [6.07, 6.45) is 2.12. The van der Waals surface area contributed by atoms with E-state index in [-0.39, 0.29) is 17.9 Å². The number of rotatable bonds is 6. The summed E-state index contributed by atoms with van der Waals surface area (Å²) < 4.78 is 11.4. The van der Waals surface area contributed by atoms with E-state index >= 15 is 0 Å². The van der Waals surface area contributed by atoms with Crippen LogP contribution < -0.4 is 14.8 Å². The maximum atomic E-state index is 13.1. The van der Waals surface area contributed by atoms with Gasteiger partial charge in [0.1, 0.15) is 13.2 Å². The highest BCUT2D eigenvalue weighted by molar-refractivity contribution is 5.92. The van der Waals surface area contributed by atoms with Crippen molar-refractivity contribution in [3.05, 3.63) is 53.6 Å². The van der Waals surface area contributed by atoms with Crippen molar-refractivity contribution in [3.8, 4) is 11.5 Å². The lowest BCUT2D eigenvalue weighted by atomic mass is 10.0. The fourth-order valence-electron chi connectivity index (χ4n) is 5.13. The van der Waals surface area contributed by atoms with Gasteiger partial charge in [0.2, 0.25) is 11.8 Å². The minimum absolute atomic E-state index is 0.0204. The number of likely N-dealkylation sites (tertiary alicyclic amines) is 1. The molecule has 8 heteroatoms. The summed E-state index contributed by atoms with van der Waals surface area (Å²) in [5.74, 6) is 1.74. The summed E-state index contributed by atoms with van der Waals surface area (Å²) in [4.78, 5) is 31.9. The third-order valence-corrected chi connectivity index (χ3v) is 7.08. The molecule has 2 saturated heterocycles. The van der Waals surface area contributed by atoms with Crippen LogP contribution in [0.4, 0.5) is 5.69 Å². The van der Waals surface area contributed by atoms with E-state index in [0.29, 0.717) is 52.5 Å². The van der Waals surface area contributed by atoms with Gasteiger partial charge in [-0.2, -0.15) is 0 Å². The molecule has 0 saturated carbocycles. The number of ether oxygens (including phenoxy) is 2. The molecule has 2 aromatic carbocycles. The summed E-state index contributed by atoms with van der Waals surface area (Å²) in [5.41, 5.74) is 3.16. The first-order chi connectivity index (χ1) is 17.0. The van der Waals surface area contributed by atoms with Crippen molar-refractivity contribution in [2.45, 2.75) is 25.8 Å². The number of aryl methyl sites for hydroxylation is 1. The molecule has 0 aromatic heterocycles. The van der Waals surface area contributed by atoms with Crippen LogP contribution in [0.1, 0.15) is 30.0 Å². The number of carbonyl (C=O) groups excluding carboxylic acids is 2. The van der Waals surface area contributed by atoms with Crippen LogP contribution >= 0.6 is 0 Å². The third-order valence-electron chi connectivity index (χ3n) is 7.08. The quantitative estimate of drug-likeness (QED) is 0.688. The van der Waals surface area contributed by atoms with Gasteiger partial charge in [-0.1, -0.05) is 23.8 Å². The first-order valence-electron chi connectivity index (χ1n) is 12.6. The molecule has 1 unspecified atom stereocenters. The predicted octanol–water partition coefficient (Wildman–Crippen LogP) is 2.69. The Morgan fingerprint density at radius 3 is 2.43 bits per heavy atom. The fourth-order valence-corrected chi connectivity index (χ4v) is 5.13. The maximum absolute atomic E-state index is 13.1. The number of hydrogen-bond donors (Lipinski definition) is 1. The van der Waals surface area contributed by atoms with Crippen LogP contribution in [-0.4, -0.2) is 85.5 Å². The third kappa shape index (κ3) is 5.77. The van der Waals surface area contributed by atoms with Gasteiger partial charge in [0.05, 0.1) is 13.1 Å². The van der Waals surface area contributed by atoms with E-state index in [0.717, 1.165) is 42.1 Å². The van der Waals surface area contributed by atoms with Crippen molar-refractivity contribution in [2.24, 2.45) is 0 Å². The molecule has 2 amide bonds. The van der Waals surface area contributed by atoms with E-state index in [2.05, 4.69) is 27.2 Å². The van der Waals surface area contributed by atoms with Gasteiger partial charge in [0.25, 0.3) is 0 Å². The van der Waals surface area contributed by atoms with Crippen molar-refractivity contribution in [3.63, 3.8) is 0 Å². The predicted molar refractivity (Wildman–Crippen MR) is 134 cm³/mol. The van der Waals surface area contributed by atoms with Crippen LogP contribution in [-0.2, 0) is 9.59 Å². The Labute approximate surface area is 206 Å². The van der Waals surface area contributed by atoms with Crippen LogP contribution in [0.15, 0.2) is 42.5 Å². The van der Waals surface area contributed by atoms with Gasteiger partial charge in [-0.15, -0.1) is 0 Å². The van der Waals surface area contributed by atoms with E-state index in [1.807, 2.05) is 42.2 Å². The van der Waals surface area contributed by atoms with E-state index < -0.39 is 0 Å². The second-order valence-corrected chi connectivity index (χ2v) is 9.60. The zero-order chi connectivity index (χ0) is 24.2. The highest BCUT2D eigenvalue weighted by Gasteiger charge is 2.31. The minimum atomic E-state index is -0.0204. The van der Waals surface area contributed by atoms with Crippen LogP contribution in [0, 0.1) is 6.92 Å². The van der Waals surface area contributed by atoms with Gasteiger partial charge in [0, 0.05) is 37.9 Å². The molecule has 3 aliphatic heterocycles. The molecule has 8 nitrogen and oxygen atoms in total. The number of hydrogen-bond acceptors (Lipinski definition) is 6. The molecule has 35 heavy (non-hydrogen) atoms. The molecule has 0 bridgehead atoms. The number of amides is 2. The average Bonchev–Trinajstić information content (AvgIpc) is 3.33. The molecule has 2 fully saturated rings. The van der Waals surface area contributed by atoms with Gasteiger partial charge in [-0.3, -0.25) is 19.4 Å². The smallest absolute Gasteiger partial charge is 0.238 e. The van der Waals surface area contributed by atoms with Crippen molar-refractivity contribution < 1.29 is 19.1 Å². The number of benzene rings is 2. The van der Waals surface area contributed by atoms with E-state index in [1.54, 1.807) is 0 Å². The number of fused-ring (bicyclic) bond motifs is 1. The van der Waals surface area contributed by atoms with Gasteiger partial charge >= 0.3 is 0 Å². The van der Waals surface area contributed by atoms with Crippen molar-refractivity contribution in [2.75, 3.05) is 64.3 Å². The number of anilines is 1. The second kappa shape index (κ2) is 10.7. The molecule has 3 heterocycles. The van der Waals surface area contributed by atoms with E-state index in [9.17, 15) is 9.59 Å². The Hall–Kier alpha value is -3.10. The highest BCUT2D eigenvalue weighted by Crippen LogP contribution is 2.38. The molecule has 0 radical (unpaired) electrons. The fraction of sp³-hybridized carbons (Fsp3) is 0.481. The first kappa shape index (κ1) is 23.6. The number of piperazine rings is 1. The topological polar surface area (TPSA) is 74.4 Å². The molecular weight excluding hydrogens is 444 g/mol. The van der Waals surface area contributed by atoms with Crippen LogP contribution in [0.3, 0.4) is 0 Å². The molecule has 1 N–H and O–H groups in total. The Bertz CT molecular complexity index is 1050. The van der Waals surface area contributed by atoms with Crippen LogP contribution in [0.25, 0.3) is 0 Å². The summed E-state index contributed by atoms with van der Waals surface area (Å²) >= 11 is 0. The SMILES string of the molecule is Cc1ccc(NC(=O)CN2CCN(C(=O)CN3CCCC3c3ccc4c(c3)OCCO4)CC2)cc1. The van der Waals surface area contributed by atoms with Crippen LogP contribution in [0.2, 0.25) is 0 Å². The van der Waals surface area contributed by atoms with Crippen molar-refractivity contribution in [1.29, 1.82) is 0 Å². The van der Waals surface area contributed by atoms with Gasteiger partial charge < -0.3 is 19.7 Å². The summed E-state index contributed by atoms with van der Waals surface area (Å²) in [6, 6.07) is 14.2. The van der Waals surface area contributed by atoms with Crippen LogP contribution in [0.5, 0.6) is 11.5 Å². The second-order valence-electron chi connectivity index (χ2n) is 9.60.